The zero-order valence-corrected chi connectivity index (χ0v) is 19.6. The van der Waals surface area contributed by atoms with Gasteiger partial charge in [-0.15, -0.1) is 0 Å². The molecule has 0 aliphatic carbocycles. The highest BCUT2D eigenvalue weighted by Gasteiger charge is 2.33. The van der Waals surface area contributed by atoms with E-state index in [0.717, 1.165) is 46.2 Å². The highest BCUT2D eigenvalue weighted by molar-refractivity contribution is 8.27. The van der Waals surface area contributed by atoms with Crippen molar-refractivity contribution in [3.05, 3.63) is 76.2 Å². The zero-order chi connectivity index (χ0) is 22.0. The lowest BCUT2D eigenvalue weighted by Crippen LogP contribution is -2.27. The highest BCUT2D eigenvalue weighted by Crippen LogP contribution is 2.39. The van der Waals surface area contributed by atoms with Crippen molar-refractivity contribution in [1.82, 2.24) is 0 Å². The molecule has 0 spiro atoms. The molecule has 3 aromatic carbocycles. The van der Waals surface area contributed by atoms with Crippen LogP contribution in [0.2, 0.25) is 0 Å². The summed E-state index contributed by atoms with van der Waals surface area (Å²) in [5, 5.41) is 2.18. The Hall–Kier alpha value is -2.63. The van der Waals surface area contributed by atoms with Gasteiger partial charge in [0.25, 0.3) is 5.91 Å². The van der Waals surface area contributed by atoms with Gasteiger partial charge < -0.3 is 4.74 Å². The summed E-state index contributed by atoms with van der Waals surface area (Å²) in [7, 11) is 0. The van der Waals surface area contributed by atoms with Gasteiger partial charge in [-0.3, -0.25) is 9.69 Å². The van der Waals surface area contributed by atoms with Crippen molar-refractivity contribution in [3.8, 4) is 5.75 Å². The SMILES string of the molecule is CCCCOc1ccc2ccccc2c1/C=C1\SC(=S)N(c2ccc(C)c(C)c2)C1=O. The smallest absolute Gasteiger partial charge is 0.270 e. The molecule has 0 atom stereocenters. The van der Waals surface area contributed by atoms with E-state index in [0.29, 0.717) is 15.8 Å². The van der Waals surface area contributed by atoms with Crippen molar-refractivity contribution < 1.29 is 9.53 Å². The molecule has 0 bridgehead atoms. The minimum Gasteiger partial charge on any atom is -0.493 e. The van der Waals surface area contributed by atoms with Crippen LogP contribution in [0.25, 0.3) is 16.8 Å². The molecular weight excluding hydrogens is 422 g/mol. The van der Waals surface area contributed by atoms with Crippen LogP contribution in [-0.4, -0.2) is 16.8 Å². The largest absolute Gasteiger partial charge is 0.493 e. The molecule has 1 aliphatic rings. The number of hydrogen-bond donors (Lipinski definition) is 0. The van der Waals surface area contributed by atoms with Crippen molar-refractivity contribution in [1.29, 1.82) is 0 Å². The summed E-state index contributed by atoms with van der Waals surface area (Å²) >= 11 is 6.92. The van der Waals surface area contributed by atoms with E-state index in [1.165, 1.54) is 17.3 Å². The number of anilines is 1. The van der Waals surface area contributed by atoms with Gasteiger partial charge in [0.2, 0.25) is 0 Å². The number of carbonyl (C=O) groups is 1. The summed E-state index contributed by atoms with van der Waals surface area (Å²) in [6.07, 6.45) is 3.99. The van der Waals surface area contributed by atoms with Crippen molar-refractivity contribution in [3.63, 3.8) is 0 Å². The maximum absolute atomic E-state index is 13.3. The molecule has 0 unspecified atom stereocenters. The Labute approximate surface area is 193 Å². The Morgan fingerprint density at radius 2 is 1.87 bits per heavy atom. The molecule has 0 aromatic heterocycles. The van der Waals surface area contributed by atoms with Gasteiger partial charge >= 0.3 is 0 Å². The molecule has 1 saturated heterocycles. The van der Waals surface area contributed by atoms with E-state index in [2.05, 4.69) is 32.0 Å². The minimum absolute atomic E-state index is 0.0919. The fourth-order valence-corrected chi connectivity index (χ4v) is 4.84. The maximum atomic E-state index is 13.3. The van der Waals surface area contributed by atoms with Crippen molar-refractivity contribution in [2.45, 2.75) is 33.6 Å². The lowest BCUT2D eigenvalue weighted by Gasteiger charge is -2.16. The third kappa shape index (κ3) is 4.39. The maximum Gasteiger partial charge on any atom is 0.270 e. The van der Waals surface area contributed by atoms with Crippen LogP contribution in [0.3, 0.4) is 0 Å². The highest BCUT2D eigenvalue weighted by atomic mass is 32.2. The molecular formula is C26H25NO2S2. The number of ether oxygens (including phenoxy) is 1. The van der Waals surface area contributed by atoms with Crippen molar-refractivity contribution in [2.24, 2.45) is 0 Å². The number of hydrogen-bond acceptors (Lipinski definition) is 4. The second-order valence-corrected chi connectivity index (χ2v) is 9.36. The fourth-order valence-electron chi connectivity index (χ4n) is 3.56. The molecule has 3 aromatic rings. The first-order valence-electron chi connectivity index (χ1n) is 10.5. The van der Waals surface area contributed by atoms with Crippen LogP contribution in [0.5, 0.6) is 5.75 Å². The van der Waals surface area contributed by atoms with Gasteiger partial charge in [0.15, 0.2) is 4.32 Å². The summed E-state index contributed by atoms with van der Waals surface area (Å²) in [5.41, 5.74) is 4.06. The van der Waals surface area contributed by atoms with Gasteiger partial charge in [0.1, 0.15) is 5.75 Å². The van der Waals surface area contributed by atoms with Gasteiger partial charge in [-0.2, -0.15) is 0 Å². The molecule has 0 N–H and O–H groups in total. The Balaban J connectivity index is 1.75. The Morgan fingerprint density at radius 1 is 1.06 bits per heavy atom. The number of nitrogens with zero attached hydrogens (tertiary/aromatic N) is 1. The Kier molecular flexibility index (Phi) is 6.44. The van der Waals surface area contributed by atoms with Gasteiger partial charge in [0, 0.05) is 5.56 Å². The first-order valence-corrected chi connectivity index (χ1v) is 11.7. The van der Waals surface area contributed by atoms with Gasteiger partial charge in [0.05, 0.1) is 17.2 Å². The zero-order valence-electron chi connectivity index (χ0n) is 18.0. The van der Waals surface area contributed by atoms with Crippen molar-refractivity contribution in [2.75, 3.05) is 11.5 Å². The van der Waals surface area contributed by atoms with Crippen LogP contribution in [0.1, 0.15) is 36.5 Å². The Bertz CT molecular complexity index is 1200. The molecule has 0 saturated carbocycles. The second kappa shape index (κ2) is 9.25. The van der Waals surface area contributed by atoms with E-state index in [4.69, 9.17) is 17.0 Å². The van der Waals surface area contributed by atoms with Gasteiger partial charge in [-0.25, -0.2) is 0 Å². The summed E-state index contributed by atoms with van der Waals surface area (Å²) in [4.78, 5) is 15.6. The van der Waals surface area contributed by atoms with Gasteiger partial charge in [-0.1, -0.05) is 73.7 Å². The molecule has 1 aliphatic heterocycles. The van der Waals surface area contributed by atoms with E-state index in [9.17, 15) is 4.79 Å². The van der Waals surface area contributed by atoms with Gasteiger partial charge in [-0.05, 0) is 66.4 Å². The lowest BCUT2D eigenvalue weighted by atomic mass is 10.0. The molecule has 1 fully saturated rings. The molecule has 4 rings (SSSR count). The minimum atomic E-state index is -0.0919. The number of amides is 1. The number of carbonyl (C=O) groups excluding carboxylic acids is 1. The fraction of sp³-hybridized carbons (Fsp3) is 0.231. The van der Waals surface area contributed by atoms with E-state index < -0.39 is 0 Å². The molecule has 1 amide bonds. The second-order valence-electron chi connectivity index (χ2n) is 7.69. The van der Waals surface area contributed by atoms with Crippen LogP contribution < -0.4 is 9.64 Å². The molecule has 1 heterocycles. The normalized spacial score (nSPS) is 15.3. The van der Waals surface area contributed by atoms with Crippen LogP contribution in [0, 0.1) is 13.8 Å². The Morgan fingerprint density at radius 3 is 2.65 bits per heavy atom. The third-order valence-corrected chi connectivity index (χ3v) is 6.81. The molecule has 158 valence electrons. The van der Waals surface area contributed by atoms with E-state index in [1.807, 2.05) is 49.4 Å². The molecule has 31 heavy (non-hydrogen) atoms. The third-order valence-electron chi connectivity index (χ3n) is 5.50. The lowest BCUT2D eigenvalue weighted by molar-refractivity contribution is -0.113. The van der Waals surface area contributed by atoms with Crippen molar-refractivity contribution >= 4 is 56.7 Å². The molecule has 0 radical (unpaired) electrons. The van der Waals surface area contributed by atoms with Crippen LogP contribution in [0.4, 0.5) is 5.69 Å². The number of fused-ring (bicyclic) bond motifs is 1. The van der Waals surface area contributed by atoms with E-state index in [-0.39, 0.29) is 5.91 Å². The summed E-state index contributed by atoms with van der Waals surface area (Å²) < 4.78 is 6.64. The van der Waals surface area contributed by atoms with Crippen LogP contribution in [0.15, 0.2) is 59.5 Å². The first-order chi connectivity index (χ1) is 15.0. The standard InChI is InChI=1S/C26H25NO2S2/c1-4-5-14-29-23-13-11-19-8-6-7-9-21(19)22(23)16-24-25(28)27(26(30)31-24)20-12-10-17(2)18(3)15-20/h6-13,15-16H,4-5,14H2,1-3H3/b24-16-. The number of unbranched alkanes of at least 4 members (excludes halogenated alkanes) is 1. The van der Waals surface area contributed by atoms with Crippen LogP contribution >= 0.6 is 24.0 Å². The van der Waals surface area contributed by atoms with Crippen LogP contribution in [-0.2, 0) is 4.79 Å². The average Bonchev–Trinajstić information content (AvgIpc) is 3.04. The number of rotatable bonds is 6. The number of benzene rings is 3. The molecule has 5 heteroatoms. The van der Waals surface area contributed by atoms with E-state index >= 15 is 0 Å². The topological polar surface area (TPSA) is 29.5 Å². The first kappa shape index (κ1) is 21.6. The monoisotopic (exact) mass is 447 g/mol. The predicted octanol–water partition coefficient (Wildman–Crippen LogP) is 7.04. The average molecular weight is 448 g/mol. The number of thiocarbonyl (C=S) groups is 1. The predicted molar refractivity (Wildman–Crippen MR) is 136 cm³/mol. The summed E-state index contributed by atoms with van der Waals surface area (Å²) in [5.74, 6) is 0.703. The molecule has 3 nitrogen and oxygen atoms in total. The quantitative estimate of drug-likeness (QED) is 0.230. The van der Waals surface area contributed by atoms with E-state index in [1.54, 1.807) is 4.90 Å². The number of aryl methyl sites for hydroxylation is 2. The number of thioether (sulfide) groups is 1. The summed E-state index contributed by atoms with van der Waals surface area (Å²) in [6, 6.07) is 18.2. The summed E-state index contributed by atoms with van der Waals surface area (Å²) in [6.45, 7) is 6.90.